The summed E-state index contributed by atoms with van der Waals surface area (Å²) in [6, 6.07) is 19.5. The van der Waals surface area contributed by atoms with Gasteiger partial charge in [-0.3, -0.25) is 9.88 Å². The van der Waals surface area contributed by atoms with Gasteiger partial charge in [0.1, 0.15) is 16.7 Å². The van der Waals surface area contributed by atoms with E-state index in [-0.39, 0.29) is 35.8 Å². The van der Waals surface area contributed by atoms with Crippen LogP contribution >= 0.6 is 0 Å². The third kappa shape index (κ3) is 6.00. The largest absolute Gasteiger partial charge is 0.487 e. The number of pyridine rings is 1. The average Bonchev–Trinajstić information content (AvgIpc) is 2.90. The van der Waals surface area contributed by atoms with E-state index in [1.54, 1.807) is 43.5 Å². The van der Waals surface area contributed by atoms with Crippen LogP contribution in [0.5, 0.6) is 5.75 Å². The molecule has 8 nitrogen and oxygen atoms in total. The second kappa shape index (κ2) is 11.4. The first-order valence-corrected chi connectivity index (χ1v) is 13.7. The van der Waals surface area contributed by atoms with Crippen LogP contribution in [0.15, 0.2) is 71.8 Å². The molecule has 2 aromatic carbocycles. The summed E-state index contributed by atoms with van der Waals surface area (Å²) in [5.41, 5.74) is 3.12. The lowest BCUT2D eigenvalue weighted by Gasteiger charge is -2.37. The predicted molar refractivity (Wildman–Crippen MR) is 141 cm³/mol. The van der Waals surface area contributed by atoms with E-state index in [2.05, 4.69) is 16.0 Å². The number of aromatic nitrogens is 1. The Hall–Kier alpha value is -3.29. The van der Waals surface area contributed by atoms with E-state index in [9.17, 15) is 13.5 Å². The molecule has 3 atom stereocenters. The van der Waals surface area contributed by atoms with Crippen molar-refractivity contribution < 1.29 is 18.3 Å². The molecule has 0 saturated carbocycles. The number of likely N-dealkylation sites (N-methyl/N-ethyl adjacent to an activating group) is 1. The van der Waals surface area contributed by atoms with Crippen LogP contribution in [0, 0.1) is 17.2 Å². The number of fused-ring (bicyclic) bond motifs is 1. The smallest absolute Gasteiger partial charge is 0.247 e. The Morgan fingerprint density at radius 3 is 2.57 bits per heavy atom. The lowest BCUT2D eigenvalue weighted by atomic mass is 10.0. The minimum atomic E-state index is -3.92. The number of nitrogens with zero attached hydrogens (tertiary/aromatic N) is 4. The van der Waals surface area contributed by atoms with Gasteiger partial charge in [-0.1, -0.05) is 31.2 Å². The van der Waals surface area contributed by atoms with Crippen molar-refractivity contribution in [1.29, 1.82) is 5.26 Å². The van der Waals surface area contributed by atoms with Crippen LogP contribution in [0.2, 0.25) is 0 Å². The molecular formula is C28H32N4O4S. The van der Waals surface area contributed by atoms with Gasteiger partial charge in [-0.2, -0.15) is 9.57 Å². The van der Waals surface area contributed by atoms with Crippen molar-refractivity contribution in [3.63, 3.8) is 0 Å². The highest BCUT2D eigenvalue weighted by atomic mass is 32.2. The highest BCUT2D eigenvalue weighted by Crippen LogP contribution is 2.36. The monoisotopic (exact) mass is 520 g/mol. The zero-order valence-corrected chi connectivity index (χ0v) is 22.1. The highest BCUT2D eigenvalue weighted by molar-refractivity contribution is 7.89. The maximum absolute atomic E-state index is 13.7. The van der Waals surface area contributed by atoms with Crippen molar-refractivity contribution in [2.24, 2.45) is 5.92 Å². The number of aliphatic hydroxyl groups excluding tert-OH is 1. The first-order chi connectivity index (χ1) is 17.7. The van der Waals surface area contributed by atoms with Crippen molar-refractivity contribution in [2.45, 2.75) is 37.4 Å². The molecule has 1 aliphatic rings. The van der Waals surface area contributed by atoms with Gasteiger partial charge in [-0.05, 0) is 61.5 Å². The second-order valence-corrected chi connectivity index (χ2v) is 11.5. The van der Waals surface area contributed by atoms with E-state index >= 15 is 0 Å². The molecule has 9 heteroatoms. The third-order valence-electron chi connectivity index (χ3n) is 6.66. The molecule has 0 amide bonds. The summed E-state index contributed by atoms with van der Waals surface area (Å²) in [5, 5.41) is 19.0. The lowest BCUT2D eigenvalue weighted by Crippen LogP contribution is -2.49. The van der Waals surface area contributed by atoms with E-state index in [1.807, 2.05) is 44.3 Å². The van der Waals surface area contributed by atoms with Gasteiger partial charge in [0.05, 0.1) is 23.9 Å². The van der Waals surface area contributed by atoms with Crippen LogP contribution < -0.4 is 4.74 Å². The van der Waals surface area contributed by atoms with Crippen LogP contribution in [0.25, 0.3) is 11.1 Å². The fourth-order valence-corrected chi connectivity index (χ4v) is 6.33. The zero-order chi connectivity index (χ0) is 26.6. The maximum Gasteiger partial charge on any atom is 0.247 e. The van der Waals surface area contributed by atoms with E-state index in [0.717, 1.165) is 16.8 Å². The first-order valence-electron chi connectivity index (χ1n) is 12.3. The first kappa shape index (κ1) is 26.8. The Balaban J connectivity index is 1.72. The number of ether oxygens (including phenoxy) is 1. The Morgan fingerprint density at radius 2 is 1.92 bits per heavy atom. The SMILES string of the molecule is C[C@@H]1CN([C@H](C)CO)S(=O)(=O)c2ccc(-c3ccc(C#N)cc3)cc2O[C@@H]1CN(C)Cc1ccccn1. The number of rotatable bonds is 7. The molecule has 0 bridgehead atoms. The van der Waals surface area contributed by atoms with E-state index in [4.69, 9.17) is 10.00 Å². The van der Waals surface area contributed by atoms with Gasteiger partial charge in [-0.25, -0.2) is 8.42 Å². The molecule has 0 unspecified atom stereocenters. The predicted octanol–water partition coefficient (Wildman–Crippen LogP) is 3.52. The van der Waals surface area contributed by atoms with Crippen LogP contribution in [-0.2, 0) is 16.6 Å². The number of hydrogen-bond donors (Lipinski definition) is 1. The molecule has 1 aromatic heterocycles. The maximum atomic E-state index is 13.7. The highest BCUT2D eigenvalue weighted by Gasteiger charge is 2.38. The number of benzene rings is 2. The number of sulfonamides is 1. The molecule has 0 fully saturated rings. The Morgan fingerprint density at radius 1 is 1.19 bits per heavy atom. The molecule has 0 radical (unpaired) electrons. The lowest BCUT2D eigenvalue weighted by molar-refractivity contribution is 0.0731. The van der Waals surface area contributed by atoms with Crippen molar-refractivity contribution in [3.05, 3.63) is 78.1 Å². The van der Waals surface area contributed by atoms with Gasteiger partial charge in [0.25, 0.3) is 0 Å². The second-order valence-electron chi connectivity index (χ2n) is 9.61. The fourth-order valence-electron chi connectivity index (χ4n) is 4.50. The molecular weight excluding hydrogens is 488 g/mol. The van der Waals surface area contributed by atoms with Crippen LogP contribution in [0.4, 0.5) is 0 Å². The number of nitriles is 1. The summed E-state index contributed by atoms with van der Waals surface area (Å²) >= 11 is 0. The number of hydrogen-bond acceptors (Lipinski definition) is 7. The molecule has 2 heterocycles. The van der Waals surface area contributed by atoms with Crippen LogP contribution in [-0.4, -0.2) is 66.6 Å². The fraction of sp³-hybridized carbons (Fsp3) is 0.357. The summed E-state index contributed by atoms with van der Waals surface area (Å²) in [6.07, 6.45) is 1.45. The van der Waals surface area contributed by atoms with Gasteiger partial charge < -0.3 is 9.84 Å². The molecule has 37 heavy (non-hydrogen) atoms. The molecule has 0 aliphatic carbocycles. The van der Waals surface area contributed by atoms with Crippen molar-refractivity contribution in [3.8, 4) is 22.9 Å². The minimum Gasteiger partial charge on any atom is -0.487 e. The molecule has 0 spiro atoms. The zero-order valence-electron chi connectivity index (χ0n) is 21.3. The van der Waals surface area contributed by atoms with Gasteiger partial charge in [0, 0.05) is 37.8 Å². The topological polar surface area (TPSA) is 107 Å². The van der Waals surface area contributed by atoms with Gasteiger partial charge >= 0.3 is 0 Å². The molecule has 4 rings (SSSR count). The van der Waals surface area contributed by atoms with Crippen LogP contribution in [0.3, 0.4) is 0 Å². The van der Waals surface area contributed by atoms with Crippen molar-refractivity contribution in [2.75, 3.05) is 26.7 Å². The molecule has 194 valence electrons. The van der Waals surface area contributed by atoms with Gasteiger partial charge in [0.15, 0.2) is 0 Å². The van der Waals surface area contributed by atoms with Crippen molar-refractivity contribution >= 4 is 10.0 Å². The molecule has 1 aliphatic heterocycles. The quantitative estimate of drug-likeness (QED) is 0.508. The third-order valence-corrected chi connectivity index (χ3v) is 8.68. The number of aliphatic hydroxyl groups is 1. The van der Waals surface area contributed by atoms with E-state index < -0.39 is 16.1 Å². The van der Waals surface area contributed by atoms with Gasteiger partial charge in [-0.15, -0.1) is 0 Å². The summed E-state index contributed by atoms with van der Waals surface area (Å²) in [4.78, 5) is 6.60. The summed E-state index contributed by atoms with van der Waals surface area (Å²) < 4.78 is 35.3. The summed E-state index contributed by atoms with van der Waals surface area (Å²) in [5.74, 6) is 0.126. The average molecular weight is 521 g/mol. The normalized spacial score (nSPS) is 20.2. The Labute approximate surface area is 218 Å². The Bertz CT molecular complexity index is 1360. The minimum absolute atomic E-state index is 0.0782. The standard InChI is InChI=1S/C28H32N4O4S/c1-20-16-32(21(2)19-33)37(34,35)28-12-11-24(23-9-7-22(15-29)8-10-23)14-26(28)36-27(20)18-31(3)17-25-6-4-5-13-30-25/h4-14,20-21,27,33H,16-19H2,1-3H3/t20-,21-,27-/m1/s1. The van der Waals surface area contributed by atoms with Gasteiger partial charge in [0.2, 0.25) is 10.0 Å². The summed E-state index contributed by atoms with van der Waals surface area (Å²) in [6.45, 7) is 4.81. The molecule has 0 saturated heterocycles. The Kier molecular flexibility index (Phi) is 8.25. The molecule has 3 aromatic rings. The summed E-state index contributed by atoms with van der Waals surface area (Å²) in [7, 11) is -1.93. The molecule has 1 N–H and O–H groups in total. The van der Waals surface area contributed by atoms with Crippen molar-refractivity contribution in [1.82, 2.24) is 14.2 Å². The van der Waals surface area contributed by atoms with Crippen LogP contribution in [0.1, 0.15) is 25.1 Å². The van der Waals surface area contributed by atoms with E-state index in [1.165, 1.54) is 4.31 Å². The van der Waals surface area contributed by atoms with E-state index in [0.29, 0.717) is 18.7 Å².